The van der Waals surface area contributed by atoms with E-state index in [-0.39, 0.29) is 12.0 Å². The predicted molar refractivity (Wildman–Crippen MR) is 65.2 cm³/mol. The summed E-state index contributed by atoms with van der Waals surface area (Å²) in [4.78, 5) is 9.16. The lowest BCUT2D eigenvalue weighted by Gasteiger charge is -2.39. The Bertz CT molecular complexity index is 616. The lowest BCUT2D eigenvalue weighted by atomic mass is 10.1. The number of aromatic nitrogens is 4. The third-order valence-corrected chi connectivity index (χ3v) is 3.18. The molecule has 8 heteroatoms. The van der Waals surface area contributed by atoms with Crippen LogP contribution in [0, 0.1) is 6.92 Å². The summed E-state index contributed by atoms with van der Waals surface area (Å²) in [6.45, 7) is 3.06. The van der Waals surface area contributed by atoms with Crippen LogP contribution in [0.1, 0.15) is 17.3 Å². The van der Waals surface area contributed by atoms with E-state index in [0.29, 0.717) is 13.1 Å². The van der Waals surface area contributed by atoms with Gasteiger partial charge >= 0.3 is 6.18 Å². The third-order valence-electron chi connectivity index (χ3n) is 3.18. The summed E-state index contributed by atoms with van der Waals surface area (Å²) < 4.78 is 39.5. The molecule has 1 saturated heterocycles. The van der Waals surface area contributed by atoms with Gasteiger partial charge in [0.15, 0.2) is 0 Å². The summed E-state index contributed by atoms with van der Waals surface area (Å²) in [6, 6.07) is 1.03. The molecule has 20 heavy (non-hydrogen) atoms. The number of alkyl halides is 3. The maximum absolute atomic E-state index is 12.6. The Hall–Kier alpha value is -2.12. The molecule has 1 aliphatic rings. The first-order valence-electron chi connectivity index (χ1n) is 6.09. The summed E-state index contributed by atoms with van der Waals surface area (Å²) >= 11 is 0. The zero-order valence-electron chi connectivity index (χ0n) is 10.7. The van der Waals surface area contributed by atoms with Gasteiger partial charge in [-0.1, -0.05) is 0 Å². The van der Waals surface area contributed by atoms with Crippen LogP contribution in [0.2, 0.25) is 0 Å². The van der Waals surface area contributed by atoms with Crippen molar-refractivity contribution in [2.75, 3.05) is 18.0 Å². The average Bonchev–Trinajstić information content (AvgIpc) is 2.73. The Morgan fingerprint density at radius 1 is 1.30 bits per heavy atom. The molecule has 1 aliphatic heterocycles. The van der Waals surface area contributed by atoms with E-state index in [1.165, 1.54) is 0 Å². The van der Waals surface area contributed by atoms with Gasteiger partial charge in [-0.2, -0.15) is 18.3 Å². The van der Waals surface area contributed by atoms with Crippen molar-refractivity contribution in [1.82, 2.24) is 19.7 Å². The molecule has 1 fully saturated rings. The van der Waals surface area contributed by atoms with Crippen molar-refractivity contribution >= 4 is 5.95 Å². The topological polar surface area (TPSA) is 46.8 Å². The third kappa shape index (κ3) is 2.33. The molecule has 3 heterocycles. The van der Waals surface area contributed by atoms with Crippen LogP contribution in [-0.4, -0.2) is 32.8 Å². The van der Waals surface area contributed by atoms with Crippen LogP contribution in [0.15, 0.2) is 24.7 Å². The quantitative estimate of drug-likeness (QED) is 0.846. The van der Waals surface area contributed by atoms with Gasteiger partial charge in [-0.3, -0.25) is 4.68 Å². The van der Waals surface area contributed by atoms with Crippen molar-refractivity contribution in [3.05, 3.63) is 35.9 Å². The molecule has 0 N–H and O–H groups in total. The molecule has 2 aromatic rings. The molecule has 0 amide bonds. The molecule has 0 aromatic carbocycles. The smallest absolute Gasteiger partial charge is 0.336 e. The molecular formula is C12H12F3N5. The van der Waals surface area contributed by atoms with Crippen molar-refractivity contribution in [3.8, 4) is 0 Å². The first-order valence-corrected chi connectivity index (χ1v) is 6.09. The Morgan fingerprint density at radius 2 is 2.05 bits per heavy atom. The molecule has 0 spiro atoms. The van der Waals surface area contributed by atoms with Gasteiger partial charge < -0.3 is 4.90 Å². The van der Waals surface area contributed by atoms with E-state index in [0.717, 1.165) is 17.8 Å². The van der Waals surface area contributed by atoms with Crippen LogP contribution in [0.25, 0.3) is 0 Å². The summed E-state index contributed by atoms with van der Waals surface area (Å²) in [5, 5.41) is 4.19. The Balaban J connectivity index is 1.71. The molecule has 0 radical (unpaired) electrons. The number of hydrogen-bond acceptors (Lipinski definition) is 4. The fourth-order valence-electron chi connectivity index (χ4n) is 2.08. The van der Waals surface area contributed by atoms with Gasteiger partial charge in [-0.25, -0.2) is 9.97 Å². The molecule has 0 unspecified atom stereocenters. The zero-order chi connectivity index (χ0) is 14.3. The fourth-order valence-corrected chi connectivity index (χ4v) is 2.08. The number of rotatable bonds is 2. The highest BCUT2D eigenvalue weighted by Crippen LogP contribution is 2.30. The SMILES string of the molecule is Cc1cnn(C2CN(c3nccc(C(F)(F)F)n3)C2)c1. The van der Waals surface area contributed by atoms with Crippen LogP contribution >= 0.6 is 0 Å². The van der Waals surface area contributed by atoms with E-state index < -0.39 is 11.9 Å². The largest absolute Gasteiger partial charge is 0.433 e. The van der Waals surface area contributed by atoms with Crippen molar-refractivity contribution in [3.63, 3.8) is 0 Å². The summed E-state index contributed by atoms with van der Waals surface area (Å²) in [5.41, 5.74) is 0.139. The highest BCUT2D eigenvalue weighted by atomic mass is 19.4. The molecule has 0 atom stereocenters. The van der Waals surface area contributed by atoms with Crippen LogP contribution in [0.5, 0.6) is 0 Å². The predicted octanol–water partition coefficient (Wildman–Crippen LogP) is 2.06. The molecular weight excluding hydrogens is 271 g/mol. The molecule has 2 aromatic heterocycles. The van der Waals surface area contributed by atoms with Gasteiger partial charge in [0.25, 0.3) is 0 Å². The van der Waals surface area contributed by atoms with Gasteiger partial charge in [-0.05, 0) is 18.6 Å². The van der Waals surface area contributed by atoms with Crippen LogP contribution in [0.4, 0.5) is 19.1 Å². The second kappa shape index (κ2) is 4.46. The van der Waals surface area contributed by atoms with Crippen molar-refractivity contribution in [1.29, 1.82) is 0 Å². The maximum Gasteiger partial charge on any atom is 0.433 e. The highest BCUT2D eigenvalue weighted by Gasteiger charge is 2.35. The first-order chi connectivity index (χ1) is 9.43. The van der Waals surface area contributed by atoms with Crippen molar-refractivity contribution < 1.29 is 13.2 Å². The lowest BCUT2D eigenvalue weighted by molar-refractivity contribution is -0.141. The Kier molecular flexibility index (Phi) is 2.88. The normalized spacial score (nSPS) is 16.3. The van der Waals surface area contributed by atoms with Crippen LogP contribution < -0.4 is 4.90 Å². The Morgan fingerprint density at radius 3 is 2.65 bits per heavy atom. The number of hydrogen-bond donors (Lipinski definition) is 0. The first kappa shape index (κ1) is 12.9. The fraction of sp³-hybridized carbons (Fsp3) is 0.417. The second-order valence-electron chi connectivity index (χ2n) is 4.80. The summed E-state index contributed by atoms with van der Waals surface area (Å²) in [6.07, 6.45) is 0.357. The summed E-state index contributed by atoms with van der Waals surface area (Å²) in [7, 11) is 0. The van der Waals surface area contributed by atoms with E-state index >= 15 is 0 Å². The molecule has 0 saturated carbocycles. The number of aryl methyl sites for hydroxylation is 1. The zero-order valence-corrected chi connectivity index (χ0v) is 10.7. The molecule has 3 rings (SSSR count). The van der Waals surface area contributed by atoms with Gasteiger partial charge in [0.1, 0.15) is 5.69 Å². The van der Waals surface area contributed by atoms with E-state index in [1.807, 2.05) is 17.8 Å². The summed E-state index contributed by atoms with van der Waals surface area (Å²) in [5.74, 6) is 0.111. The standard InChI is InChI=1S/C12H12F3N5/c1-8-4-17-20(5-8)9-6-19(7-9)11-16-3-2-10(18-11)12(13,14)15/h2-5,9H,6-7H2,1H3. The van der Waals surface area contributed by atoms with E-state index in [9.17, 15) is 13.2 Å². The molecule has 5 nitrogen and oxygen atoms in total. The van der Waals surface area contributed by atoms with E-state index in [1.54, 1.807) is 11.1 Å². The minimum Gasteiger partial charge on any atom is -0.336 e. The van der Waals surface area contributed by atoms with Crippen LogP contribution in [0.3, 0.4) is 0 Å². The molecule has 0 bridgehead atoms. The minimum atomic E-state index is -4.44. The number of nitrogens with zero attached hydrogens (tertiary/aromatic N) is 5. The average molecular weight is 283 g/mol. The van der Waals surface area contributed by atoms with E-state index in [4.69, 9.17) is 0 Å². The number of halogens is 3. The van der Waals surface area contributed by atoms with E-state index in [2.05, 4.69) is 15.1 Å². The van der Waals surface area contributed by atoms with Crippen molar-refractivity contribution in [2.24, 2.45) is 0 Å². The molecule has 0 aliphatic carbocycles. The van der Waals surface area contributed by atoms with Gasteiger partial charge in [-0.15, -0.1) is 0 Å². The van der Waals surface area contributed by atoms with Crippen molar-refractivity contribution in [2.45, 2.75) is 19.1 Å². The highest BCUT2D eigenvalue weighted by molar-refractivity contribution is 5.35. The van der Waals surface area contributed by atoms with Gasteiger partial charge in [0.2, 0.25) is 5.95 Å². The molecule has 106 valence electrons. The lowest BCUT2D eigenvalue weighted by Crippen LogP contribution is -2.48. The van der Waals surface area contributed by atoms with Gasteiger partial charge in [0, 0.05) is 25.5 Å². The monoisotopic (exact) mass is 283 g/mol. The van der Waals surface area contributed by atoms with Crippen LogP contribution in [-0.2, 0) is 6.18 Å². The second-order valence-corrected chi connectivity index (χ2v) is 4.80. The number of anilines is 1. The minimum absolute atomic E-state index is 0.111. The maximum atomic E-state index is 12.6. The van der Waals surface area contributed by atoms with Gasteiger partial charge in [0.05, 0.1) is 12.2 Å². The Labute approximate surface area is 113 Å².